The number of nitrogens with zero attached hydrogens (tertiary/aromatic N) is 2. The standard InChI is InChI=1S/C11H18N4O2/c1-11(2)4-3-5-12-9(11)10(16)13-6-8-14-7-17-15-8/h7,9,12H,3-6H2,1-2H3,(H,13,16). The minimum atomic E-state index is -0.150. The molecule has 0 saturated carbocycles. The van der Waals surface area contributed by atoms with Crippen LogP contribution in [0.15, 0.2) is 10.9 Å². The molecule has 2 heterocycles. The van der Waals surface area contributed by atoms with Crippen LogP contribution in [0, 0.1) is 5.41 Å². The van der Waals surface area contributed by atoms with Crippen LogP contribution in [-0.2, 0) is 11.3 Å². The predicted octanol–water partition coefficient (Wildman–Crippen LogP) is 0.464. The van der Waals surface area contributed by atoms with Crippen molar-refractivity contribution in [3.63, 3.8) is 0 Å². The number of nitrogens with one attached hydrogen (secondary N) is 2. The highest BCUT2D eigenvalue weighted by atomic mass is 16.5. The zero-order valence-corrected chi connectivity index (χ0v) is 10.2. The Labute approximate surface area is 100 Å². The van der Waals surface area contributed by atoms with Gasteiger partial charge in [-0.1, -0.05) is 19.0 Å². The molecule has 94 valence electrons. The lowest BCUT2D eigenvalue weighted by Gasteiger charge is -2.38. The third-order valence-electron chi connectivity index (χ3n) is 3.22. The van der Waals surface area contributed by atoms with Crippen LogP contribution >= 0.6 is 0 Å². The van der Waals surface area contributed by atoms with E-state index in [4.69, 9.17) is 0 Å². The fourth-order valence-electron chi connectivity index (χ4n) is 2.20. The molecule has 1 aliphatic rings. The Bertz CT molecular complexity index is 375. The van der Waals surface area contributed by atoms with Gasteiger partial charge in [-0.2, -0.15) is 4.98 Å². The summed E-state index contributed by atoms with van der Waals surface area (Å²) in [5.41, 5.74) is -0.0143. The molecule has 1 fully saturated rings. The normalized spacial score (nSPS) is 23.3. The van der Waals surface area contributed by atoms with Gasteiger partial charge in [0.15, 0.2) is 5.82 Å². The molecule has 0 aromatic carbocycles. The zero-order valence-electron chi connectivity index (χ0n) is 10.2. The Morgan fingerprint density at radius 3 is 3.18 bits per heavy atom. The van der Waals surface area contributed by atoms with Crippen LogP contribution in [0.2, 0.25) is 0 Å². The molecule has 0 aliphatic carbocycles. The third kappa shape index (κ3) is 2.82. The molecule has 17 heavy (non-hydrogen) atoms. The molecule has 1 saturated heterocycles. The van der Waals surface area contributed by atoms with E-state index in [-0.39, 0.29) is 17.4 Å². The van der Waals surface area contributed by atoms with E-state index in [1.165, 1.54) is 6.39 Å². The first-order valence-electron chi connectivity index (χ1n) is 5.86. The predicted molar refractivity (Wildman–Crippen MR) is 61.0 cm³/mol. The van der Waals surface area contributed by atoms with E-state index in [0.717, 1.165) is 19.4 Å². The van der Waals surface area contributed by atoms with Gasteiger partial charge in [0.1, 0.15) is 0 Å². The molecular weight excluding hydrogens is 220 g/mol. The fraction of sp³-hybridized carbons (Fsp3) is 0.727. The Balaban J connectivity index is 1.90. The van der Waals surface area contributed by atoms with E-state index in [9.17, 15) is 4.79 Å². The number of rotatable bonds is 3. The Kier molecular flexibility index (Phi) is 3.42. The summed E-state index contributed by atoms with van der Waals surface area (Å²) in [4.78, 5) is 15.9. The molecule has 2 rings (SSSR count). The summed E-state index contributed by atoms with van der Waals surface area (Å²) in [6.07, 6.45) is 3.42. The summed E-state index contributed by atoms with van der Waals surface area (Å²) in [5.74, 6) is 0.492. The number of piperidine rings is 1. The van der Waals surface area contributed by atoms with E-state index in [1.54, 1.807) is 0 Å². The van der Waals surface area contributed by atoms with Crippen molar-refractivity contribution in [3.05, 3.63) is 12.2 Å². The van der Waals surface area contributed by atoms with Gasteiger partial charge in [0.25, 0.3) is 0 Å². The second-order valence-corrected chi connectivity index (χ2v) is 5.04. The molecule has 0 radical (unpaired) electrons. The minimum Gasteiger partial charge on any atom is -0.347 e. The zero-order chi connectivity index (χ0) is 12.3. The lowest BCUT2D eigenvalue weighted by molar-refractivity contribution is -0.127. The maximum absolute atomic E-state index is 12.0. The van der Waals surface area contributed by atoms with Crippen LogP contribution in [0.5, 0.6) is 0 Å². The Morgan fingerprint density at radius 2 is 2.53 bits per heavy atom. The van der Waals surface area contributed by atoms with Crippen molar-refractivity contribution in [2.45, 2.75) is 39.3 Å². The number of amides is 1. The number of carbonyl (C=O) groups excluding carboxylic acids is 1. The van der Waals surface area contributed by atoms with Gasteiger partial charge >= 0.3 is 0 Å². The number of aromatic nitrogens is 2. The average molecular weight is 238 g/mol. The van der Waals surface area contributed by atoms with Crippen molar-refractivity contribution < 1.29 is 9.32 Å². The summed E-state index contributed by atoms with van der Waals surface area (Å²) < 4.78 is 4.61. The van der Waals surface area contributed by atoms with E-state index < -0.39 is 0 Å². The van der Waals surface area contributed by atoms with Crippen molar-refractivity contribution in [3.8, 4) is 0 Å². The van der Waals surface area contributed by atoms with E-state index >= 15 is 0 Å². The fourth-order valence-corrected chi connectivity index (χ4v) is 2.20. The van der Waals surface area contributed by atoms with Crippen LogP contribution in [0.25, 0.3) is 0 Å². The highest BCUT2D eigenvalue weighted by Gasteiger charge is 2.36. The molecule has 0 bridgehead atoms. The number of hydrogen-bond acceptors (Lipinski definition) is 5. The molecule has 6 nitrogen and oxygen atoms in total. The second-order valence-electron chi connectivity index (χ2n) is 5.04. The summed E-state index contributed by atoms with van der Waals surface area (Å²) in [5, 5.41) is 9.74. The van der Waals surface area contributed by atoms with Gasteiger partial charge in [-0.05, 0) is 24.8 Å². The smallest absolute Gasteiger partial charge is 0.238 e. The molecule has 1 atom stereocenters. The van der Waals surface area contributed by atoms with Crippen LogP contribution in [0.3, 0.4) is 0 Å². The van der Waals surface area contributed by atoms with Gasteiger partial charge in [-0.15, -0.1) is 0 Å². The second kappa shape index (κ2) is 4.83. The van der Waals surface area contributed by atoms with E-state index in [2.05, 4.69) is 39.1 Å². The van der Waals surface area contributed by atoms with Crippen molar-refractivity contribution in [2.75, 3.05) is 6.54 Å². The number of hydrogen-bond donors (Lipinski definition) is 2. The molecule has 1 aromatic rings. The van der Waals surface area contributed by atoms with Crippen LogP contribution in [0.1, 0.15) is 32.5 Å². The first kappa shape index (κ1) is 12.0. The largest absolute Gasteiger partial charge is 0.347 e. The van der Waals surface area contributed by atoms with E-state index in [1.807, 2.05) is 0 Å². The van der Waals surface area contributed by atoms with Crippen LogP contribution in [-0.4, -0.2) is 28.6 Å². The molecular formula is C11H18N4O2. The maximum Gasteiger partial charge on any atom is 0.238 e. The van der Waals surface area contributed by atoms with Gasteiger partial charge in [-0.3, -0.25) is 4.79 Å². The lowest BCUT2D eigenvalue weighted by atomic mass is 9.77. The molecule has 6 heteroatoms. The first-order valence-corrected chi connectivity index (χ1v) is 5.86. The highest BCUT2D eigenvalue weighted by Crippen LogP contribution is 2.30. The van der Waals surface area contributed by atoms with Crippen molar-refractivity contribution in [2.24, 2.45) is 5.41 Å². The minimum absolute atomic E-state index is 0.000463. The molecule has 2 N–H and O–H groups in total. The highest BCUT2D eigenvalue weighted by molar-refractivity contribution is 5.82. The summed E-state index contributed by atoms with van der Waals surface area (Å²) >= 11 is 0. The molecule has 1 aliphatic heterocycles. The van der Waals surface area contributed by atoms with Crippen molar-refractivity contribution >= 4 is 5.91 Å². The van der Waals surface area contributed by atoms with Crippen molar-refractivity contribution in [1.29, 1.82) is 0 Å². The van der Waals surface area contributed by atoms with E-state index in [0.29, 0.717) is 12.4 Å². The Hall–Kier alpha value is -1.43. The maximum atomic E-state index is 12.0. The third-order valence-corrected chi connectivity index (χ3v) is 3.22. The van der Waals surface area contributed by atoms with Gasteiger partial charge in [-0.25, -0.2) is 0 Å². The van der Waals surface area contributed by atoms with Gasteiger partial charge in [0.2, 0.25) is 12.3 Å². The topological polar surface area (TPSA) is 80.0 Å². The monoisotopic (exact) mass is 238 g/mol. The molecule has 0 spiro atoms. The van der Waals surface area contributed by atoms with Crippen molar-refractivity contribution in [1.82, 2.24) is 20.8 Å². The summed E-state index contributed by atoms with van der Waals surface area (Å²) in [6.45, 7) is 5.42. The van der Waals surface area contributed by atoms with Gasteiger partial charge < -0.3 is 15.2 Å². The molecule has 1 amide bonds. The first-order chi connectivity index (χ1) is 8.09. The molecule has 1 unspecified atom stereocenters. The van der Waals surface area contributed by atoms with Gasteiger partial charge in [0, 0.05) is 0 Å². The van der Waals surface area contributed by atoms with Crippen LogP contribution in [0.4, 0.5) is 0 Å². The summed E-state index contributed by atoms with van der Waals surface area (Å²) in [6, 6.07) is -0.150. The quantitative estimate of drug-likeness (QED) is 0.800. The number of carbonyl (C=O) groups is 1. The Morgan fingerprint density at radius 1 is 1.71 bits per heavy atom. The lowest BCUT2D eigenvalue weighted by Crippen LogP contribution is -2.55. The summed E-state index contributed by atoms with van der Waals surface area (Å²) in [7, 11) is 0. The SMILES string of the molecule is CC1(C)CCCNC1C(=O)NCc1ncon1. The van der Waals surface area contributed by atoms with Gasteiger partial charge in [0.05, 0.1) is 12.6 Å². The van der Waals surface area contributed by atoms with Crippen LogP contribution < -0.4 is 10.6 Å². The molecule has 1 aromatic heterocycles. The average Bonchev–Trinajstić information content (AvgIpc) is 2.78.